The van der Waals surface area contributed by atoms with E-state index in [1.54, 1.807) is 0 Å². The first-order chi connectivity index (χ1) is 13.2. The second-order valence-electron chi connectivity index (χ2n) is 7.42. The summed E-state index contributed by atoms with van der Waals surface area (Å²) in [5, 5.41) is 9.24. The van der Waals surface area contributed by atoms with E-state index in [4.69, 9.17) is 9.47 Å². The number of halogens is 9. The Balaban J connectivity index is 1.92. The van der Waals surface area contributed by atoms with Crippen LogP contribution in [0.3, 0.4) is 0 Å². The number of hydrogen-bond acceptors (Lipinski definition) is 3. The van der Waals surface area contributed by atoms with Crippen molar-refractivity contribution in [2.75, 3.05) is 13.2 Å². The highest BCUT2D eigenvalue weighted by atomic mass is 19.4. The van der Waals surface area contributed by atoms with Gasteiger partial charge in [-0.05, 0) is 31.6 Å². The summed E-state index contributed by atoms with van der Waals surface area (Å²) in [5.74, 6) is -20.9. The van der Waals surface area contributed by atoms with Crippen LogP contribution in [0.4, 0.5) is 39.5 Å². The Morgan fingerprint density at radius 2 is 1.41 bits per heavy atom. The van der Waals surface area contributed by atoms with Gasteiger partial charge in [0.2, 0.25) is 0 Å². The second kappa shape index (κ2) is 8.13. The number of alkyl halides is 9. The molecule has 0 radical (unpaired) electrons. The molecule has 0 N–H and O–H groups in total. The molecule has 3 nitrogen and oxygen atoms in total. The molecule has 1 saturated carbocycles. The van der Waals surface area contributed by atoms with Gasteiger partial charge in [0.25, 0.3) is 0 Å². The van der Waals surface area contributed by atoms with Crippen molar-refractivity contribution >= 4 is 0 Å². The van der Waals surface area contributed by atoms with Gasteiger partial charge in [0, 0.05) is 25.2 Å². The molecule has 12 heteroatoms. The van der Waals surface area contributed by atoms with E-state index in [9.17, 15) is 44.8 Å². The van der Waals surface area contributed by atoms with Gasteiger partial charge in [-0.3, -0.25) is 0 Å². The van der Waals surface area contributed by atoms with E-state index >= 15 is 0 Å². The van der Waals surface area contributed by atoms with E-state index in [0.29, 0.717) is 38.9 Å². The smallest absolute Gasteiger partial charge is 0.348 e. The van der Waals surface area contributed by atoms with Crippen molar-refractivity contribution < 1.29 is 49.0 Å². The van der Waals surface area contributed by atoms with Crippen LogP contribution in [0.5, 0.6) is 0 Å². The van der Waals surface area contributed by atoms with Crippen LogP contribution in [0.15, 0.2) is 0 Å². The summed E-state index contributed by atoms with van der Waals surface area (Å²) in [5.41, 5.74) is 0. The third-order valence-electron chi connectivity index (χ3n) is 5.56. The predicted octanol–water partition coefficient (Wildman–Crippen LogP) is 5.70. The molecular formula is C17H20F9NO2. The molecule has 0 bridgehead atoms. The summed E-state index contributed by atoms with van der Waals surface area (Å²) in [6.45, 7) is 0.858. The van der Waals surface area contributed by atoms with Crippen LogP contribution in [0.2, 0.25) is 0 Å². The van der Waals surface area contributed by atoms with Gasteiger partial charge in [-0.15, -0.1) is 0 Å². The highest BCUT2D eigenvalue weighted by Gasteiger charge is 2.81. The number of rotatable bonds is 7. The van der Waals surface area contributed by atoms with Crippen molar-refractivity contribution in [2.24, 2.45) is 11.8 Å². The van der Waals surface area contributed by atoms with Crippen molar-refractivity contribution in [1.29, 1.82) is 5.26 Å². The molecule has 29 heavy (non-hydrogen) atoms. The first-order valence-electron chi connectivity index (χ1n) is 9.07. The van der Waals surface area contributed by atoms with Crippen molar-refractivity contribution in [3.8, 4) is 6.07 Å². The van der Waals surface area contributed by atoms with Crippen LogP contribution in [0.25, 0.3) is 0 Å². The molecule has 2 aliphatic rings. The van der Waals surface area contributed by atoms with E-state index in [1.807, 2.05) is 6.07 Å². The molecule has 0 aromatic rings. The van der Waals surface area contributed by atoms with Crippen LogP contribution in [0.1, 0.15) is 44.9 Å². The van der Waals surface area contributed by atoms with E-state index in [-0.39, 0.29) is 12.3 Å². The topological polar surface area (TPSA) is 42.2 Å². The molecule has 1 unspecified atom stereocenters. The molecule has 0 aromatic carbocycles. The molecule has 2 fully saturated rings. The monoisotopic (exact) mass is 441 g/mol. The standard InChI is InChI=1S/C17H20F9NO2/c18-14(19,15(20,21)16(22,23)17(24,25)26)5-1-2-12(10-27)11-3-6-13(7-4-11)28-8-9-29-13/h11-12H,1-9H2. The highest BCUT2D eigenvalue weighted by molar-refractivity contribution is 5.00. The van der Waals surface area contributed by atoms with Crippen LogP contribution in [-0.2, 0) is 9.47 Å². The third kappa shape index (κ3) is 4.60. The largest absolute Gasteiger partial charge is 0.460 e. The zero-order chi connectivity index (χ0) is 22.1. The zero-order valence-corrected chi connectivity index (χ0v) is 15.2. The van der Waals surface area contributed by atoms with Gasteiger partial charge in [0.15, 0.2) is 5.79 Å². The number of ether oxygens (including phenoxy) is 2. The van der Waals surface area contributed by atoms with Gasteiger partial charge < -0.3 is 9.47 Å². The van der Waals surface area contributed by atoms with Crippen LogP contribution >= 0.6 is 0 Å². The molecule has 168 valence electrons. The Kier molecular flexibility index (Phi) is 6.75. The highest BCUT2D eigenvalue weighted by Crippen LogP contribution is 2.54. The molecule has 0 amide bonds. The Hall–Kier alpha value is -1.22. The quantitative estimate of drug-likeness (QED) is 0.476. The van der Waals surface area contributed by atoms with Crippen LogP contribution in [-0.4, -0.2) is 42.9 Å². The maximum atomic E-state index is 13.6. The minimum Gasteiger partial charge on any atom is -0.348 e. The lowest BCUT2D eigenvalue weighted by molar-refractivity contribution is -0.396. The Bertz CT molecular complexity index is 599. The third-order valence-corrected chi connectivity index (χ3v) is 5.56. The number of nitrogens with zero attached hydrogens (tertiary/aromatic N) is 1. The van der Waals surface area contributed by atoms with Crippen molar-refractivity contribution in [2.45, 2.75) is 74.7 Å². The fourth-order valence-electron chi connectivity index (χ4n) is 3.78. The molecule has 1 aliphatic carbocycles. The molecule has 1 atom stereocenters. The Morgan fingerprint density at radius 1 is 0.897 bits per heavy atom. The summed E-state index contributed by atoms with van der Waals surface area (Å²) < 4.78 is 127. The normalized spacial score (nSPS) is 22.6. The summed E-state index contributed by atoms with van der Waals surface area (Å²) in [6, 6.07) is 1.89. The molecule has 0 aromatic heterocycles. The fraction of sp³-hybridized carbons (Fsp3) is 0.941. The first kappa shape index (κ1) is 24.1. The van der Waals surface area contributed by atoms with E-state index < -0.39 is 48.5 Å². The van der Waals surface area contributed by atoms with Gasteiger partial charge in [0.05, 0.1) is 19.3 Å². The second-order valence-corrected chi connectivity index (χ2v) is 7.42. The summed E-state index contributed by atoms with van der Waals surface area (Å²) >= 11 is 0. The van der Waals surface area contributed by atoms with Gasteiger partial charge in [-0.2, -0.15) is 44.8 Å². The first-order valence-corrected chi connectivity index (χ1v) is 9.07. The van der Waals surface area contributed by atoms with Gasteiger partial charge in [-0.1, -0.05) is 0 Å². The summed E-state index contributed by atoms with van der Waals surface area (Å²) in [4.78, 5) is 0. The van der Waals surface area contributed by atoms with E-state index in [1.165, 1.54) is 0 Å². The maximum absolute atomic E-state index is 13.6. The van der Waals surface area contributed by atoms with E-state index in [2.05, 4.69) is 0 Å². The molecule has 1 saturated heterocycles. The molecule has 1 aliphatic heterocycles. The van der Waals surface area contributed by atoms with Gasteiger partial charge in [-0.25, -0.2) is 0 Å². The summed E-state index contributed by atoms with van der Waals surface area (Å²) in [7, 11) is 0. The number of hydrogen-bond donors (Lipinski definition) is 0. The van der Waals surface area contributed by atoms with Crippen molar-refractivity contribution in [1.82, 2.24) is 0 Å². The molecule has 2 rings (SSSR count). The molecule has 1 spiro atoms. The van der Waals surface area contributed by atoms with Gasteiger partial charge in [0.1, 0.15) is 0 Å². The van der Waals surface area contributed by atoms with Crippen molar-refractivity contribution in [3.63, 3.8) is 0 Å². The average Bonchev–Trinajstić information content (AvgIpc) is 3.06. The lowest BCUT2D eigenvalue weighted by Gasteiger charge is -2.37. The Morgan fingerprint density at radius 3 is 1.86 bits per heavy atom. The van der Waals surface area contributed by atoms with Crippen LogP contribution in [0, 0.1) is 23.2 Å². The maximum Gasteiger partial charge on any atom is 0.460 e. The fourth-order valence-corrected chi connectivity index (χ4v) is 3.78. The van der Waals surface area contributed by atoms with Gasteiger partial charge >= 0.3 is 23.9 Å². The lowest BCUT2D eigenvalue weighted by atomic mass is 9.76. The Labute approximate surface area is 161 Å². The average molecular weight is 441 g/mol. The predicted molar refractivity (Wildman–Crippen MR) is 80.4 cm³/mol. The minimum atomic E-state index is -6.88. The summed E-state index contributed by atoms with van der Waals surface area (Å²) in [6.07, 6.45) is -8.01. The zero-order valence-electron chi connectivity index (χ0n) is 15.2. The molecular weight excluding hydrogens is 421 g/mol. The van der Waals surface area contributed by atoms with Crippen LogP contribution < -0.4 is 0 Å². The SMILES string of the molecule is N#CC(CCCC(F)(F)C(F)(F)C(F)(F)C(F)(F)F)C1CCC2(CC1)OCCO2. The molecule has 1 heterocycles. The minimum absolute atomic E-state index is 0.260. The number of nitriles is 1. The lowest BCUT2D eigenvalue weighted by Crippen LogP contribution is -2.60. The van der Waals surface area contributed by atoms with Crippen molar-refractivity contribution in [3.05, 3.63) is 0 Å². The van der Waals surface area contributed by atoms with E-state index in [0.717, 1.165) is 0 Å².